The Hall–Kier alpha value is -2.02. The predicted octanol–water partition coefficient (Wildman–Crippen LogP) is 3.87. The van der Waals surface area contributed by atoms with E-state index >= 15 is 0 Å². The fourth-order valence-electron chi connectivity index (χ4n) is 3.53. The summed E-state index contributed by atoms with van der Waals surface area (Å²) in [5, 5.41) is 10.6. The van der Waals surface area contributed by atoms with Crippen molar-refractivity contribution in [1.29, 1.82) is 0 Å². The molecule has 0 saturated heterocycles. The third-order valence-corrected chi connectivity index (χ3v) is 5.15. The van der Waals surface area contributed by atoms with E-state index in [0.29, 0.717) is 24.9 Å². The zero-order chi connectivity index (χ0) is 19.5. The quantitative estimate of drug-likeness (QED) is 0.700. The first-order chi connectivity index (χ1) is 12.1. The number of carbonyl (C=O) groups is 1. The number of esters is 1. The van der Waals surface area contributed by atoms with Crippen molar-refractivity contribution in [2.75, 3.05) is 11.0 Å². The molecular weight excluding hydrogens is 354 g/mol. The largest absolute Gasteiger partial charge is 0.512 e. The van der Waals surface area contributed by atoms with Crippen LogP contribution in [0.1, 0.15) is 57.9 Å². The Labute approximate surface area is 155 Å². The maximum absolute atomic E-state index is 12.6. The summed E-state index contributed by atoms with van der Waals surface area (Å²) in [5.41, 5.74) is 0.747. The molecule has 7 heteroatoms. The van der Waals surface area contributed by atoms with E-state index in [0.717, 1.165) is 18.2 Å². The highest BCUT2D eigenvalue weighted by Crippen LogP contribution is 2.39. The summed E-state index contributed by atoms with van der Waals surface area (Å²) >= 11 is 0. The summed E-state index contributed by atoms with van der Waals surface area (Å²) in [6.45, 7) is 5.75. The second kappa shape index (κ2) is 7.70. The fraction of sp³-hybridized carbons (Fsp3) is 0.526. The summed E-state index contributed by atoms with van der Waals surface area (Å²) in [6.07, 6.45) is 3.48. The van der Waals surface area contributed by atoms with E-state index in [2.05, 4.69) is 4.72 Å². The zero-order valence-corrected chi connectivity index (χ0v) is 16.5. The van der Waals surface area contributed by atoms with Gasteiger partial charge in [0, 0.05) is 18.0 Å². The summed E-state index contributed by atoms with van der Waals surface area (Å²) < 4.78 is 31.0. The molecule has 0 bridgehead atoms. The van der Waals surface area contributed by atoms with Gasteiger partial charge in [-0.3, -0.25) is 4.72 Å². The summed E-state index contributed by atoms with van der Waals surface area (Å²) in [7, 11) is -3.40. The van der Waals surface area contributed by atoms with Crippen molar-refractivity contribution in [3.63, 3.8) is 0 Å². The third kappa shape index (κ3) is 4.78. The van der Waals surface area contributed by atoms with Gasteiger partial charge in [0.2, 0.25) is 10.0 Å². The topological polar surface area (TPSA) is 92.7 Å². The monoisotopic (exact) mass is 381 g/mol. The Morgan fingerprint density at radius 3 is 2.58 bits per heavy atom. The molecule has 2 rings (SSSR count). The Kier molecular flexibility index (Phi) is 6.01. The van der Waals surface area contributed by atoms with Crippen molar-refractivity contribution in [3.8, 4) is 0 Å². The van der Waals surface area contributed by atoms with Gasteiger partial charge in [-0.15, -0.1) is 0 Å². The average molecular weight is 381 g/mol. The highest BCUT2D eigenvalue weighted by Gasteiger charge is 2.40. The van der Waals surface area contributed by atoms with Crippen molar-refractivity contribution in [3.05, 3.63) is 41.2 Å². The molecule has 0 amide bonds. The first kappa shape index (κ1) is 20.3. The van der Waals surface area contributed by atoms with E-state index in [4.69, 9.17) is 4.74 Å². The Balaban J connectivity index is 2.39. The minimum absolute atomic E-state index is 0.0607. The predicted molar refractivity (Wildman–Crippen MR) is 102 cm³/mol. The molecule has 1 unspecified atom stereocenters. The molecule has 0 aliphatic carbocycles. The van der Waals surface area contributed by atoms with Gasteiger partial charge in [-0.2, -0.15) is 0 Å². The number of aliphatic hydroxyl groups excluding tert-OH is 1. The molecule has 0 radical (unpaired) electrons. The van der Waals surface area contributed by atoms with Gasteiger partial charge < -0.3 is 9.84 Å². The molecule has 0 fully saturated rings. The van der Waals surface area contributed by atoms with Crippen LogP contribution in [-0.4, -0.2) is 31.4 Å². The van der Waals surface area contributed by atoms with Gasteiger partial charge in [-0.25, -0.2) is 13.2 Å². The van der Waals surface area contributed by atoms with E-state index in [-0.39, 0.29) is 17.3 Å². The highest BCUT2D eigenvalue weighted by molar-refractivity contribution is 7.92. The minimum atomic E-state index is -3.40. The van der Waals surface area contributed by atoms with Crippen molar-refractivity contribution >= 4 is 21.7 Å². The molecule has 2 atom stereocenters. The van der Waals surface area contributed by atoms with Crippen LogP contribution in [0.2, 0.25) is 0 Å². The van der Waals surface area contributed by atoms with Crippen LogP contribution in [0.15, 0.2) is 35.6 Å². The number of aliphatic hydroxyl groups is 1. The van der Waals surface area contributed by atoms with Gasteiger partial charge in [-0.05, 0) is 37.5 Å². The van der Waals surface area contributed by atoms with Crippen LogP contribution in [0, 0.1) is 0 Å². The van der Waals surface area contributed by atoms with Crippen LogP contribution >= 0.6 is 0 Å². The van der Waals surface area contributed by atoms with Gasteiger partial charge in [-0.1, -0.05) is 32.4 Å². The number of sulfonamides is 1. The van der Waals surface area contributed by atoms with Crippen LogP contribution in [-0.2, 0) is 19.6 Å². The van der Waals surface area contributed by atoms with E-state index in [1.165, 1.54) is 0 Å². The van der Waals surface area contributed by atoms with Crippen LogP contribution in [0.4, 0.5) is 5.69 Å². The molecule has 26 heavy (non-hydrogen) atoms. The molecule has 1 heterocycles. The van der Waals surface area contributed by atoms with Gasteiger partial charge in [0.1, 0.15) is 11.4 Å². The molecule has 1 aromatic carbocycles. The Morgan fingerprint density at radius 1 is 1.35 bits per heavy atom. The van der Waals surface area contributed by atoms with Crippen LogP contribution < -0.4 is 4.72 Å². The SMILES string of the molecule is CCC[C@]1(C)CC(O)=C(C(CC)c2cccc(NS(C)(=O)=O)c2)C(=O)O1. The van der Waals surface area contributed by atoms with E-state index < -0.39 is 21.6 Å². The number of cyclic esters (lactones) is 1. The standard InChI is InChI=1S/C19H27NO5S/c1-5-10-19(3)12-16(21)17(18(22)25-19)15(6-2)13-8-7-9-14(11-13)20-26(4,23)24/h7-9,11,15,20-21H,5-6,10,12H2,1-4H3/t15?,19-/m1/s1. The number of hydrogen-bond donors (Lipinski definition) is 2. The number of carbonyl (C=O) groups excluding carboxylic acids is 1. The molecule has 1 aliphatic rings. The van der Waals surface area contributed by atoms with Crippen LogP contribution in [0.3, 0.4) is 0 Å². The van der Waals surface area contributed by atoms with E-state index in [9.17, 15) is 18.3 Å². The molecule has 6 nitrogen and oxygen atoms in total. The normalized spacial score (nSPS) is 22.1. The number of benzene rings is 1. The van der Waals surface area contributed by atoms with E-state index in [1.807, 2.05) is 26.8 Å². The van der Waals surface area contributed by atoms with Crippen molar-refractivity contribution in [2.24, 2.45) is 0 Å². The van der Waals surface area contributed by atoms with Gasteiger partial charge >= 0.3 is 5.97 Å². The van der Waals surface area contributed by atoms with Gasteiger partial charge in [0.15, 0.2) is 0 Å². The molecule has 144 valence electrons. The van der Waals surface area contributed by atoms with Gasteiger partial charge in [0.25, 0.3) is 0 Å². The molecule has 1 aromatic rings. The lowest BCUT2D eigenvalue weighted by Crippen LogP contribution is -2.38. The first-order valence-corrected chi connectivity index (χ1v) is 10.7. The Bertz CT molecular complexity index is 815. The van der Waals surface area contributed by atoms with Crippen molar-refractivity contribution in [2.45, 2.75) is 58.0 Å². The maximum atomic E-state index is 12.6. The number of hydrogen-bond acceptors (Lipinski definition) is 5. The molecular formula is C19H27NO5S. The van der Waals surface area contributed by atoms with Crippen molar-refractivity contribution < 1.29 is 23.1 Å². The zero-order valence-electron chi connectivity index (χ0n) is 15.7. The second-order valence-electron chi connectivity index (χ2n) is 7.09. The molecule has 0 aromatic heterocycles. The van der Waals surface area contributed by atoms with Gasteiger partial charge in [0.05, 0.1) is 11.8 Å². The molecule has 0 spiro atoms. The van der Waals surface area contributed by atoms with Crippen LogP contribution in [0.25, 0.3) is 0 Å². The lowest BCUT2D eigenvalue weighted by Gasteiger charge is -2.35. The van der Waals surface area contributed by atoms with E-state index in [1.54, 1.807) is 18.2 Å². The third-order valence-electron chi connectivity index (χ3n) is 4.54. The first-order valence-electron chi connectivity index (χ1n) is 8.81. The summed E-state index contributed by atoms with van der Waals surface area (Å²) in [6, 6.07) is 6.86. The van der Waals surface area contributed by atoms with Crippen LogP contribution in [0.5, 0.6) is 0 Å². The number of rotatable bonds is 7. The number of anilines is 1. The fourth-order valence-corrected chi connectivity index (χ4v) is 4.09. The summed E-state index contributed by atoms with van der Waals surface area (Å²) in [5.74, 6) is -0.807. The smallest absolute Gasteiger partial charge is 0.338 e. The Morgan fingerprint density at radius 2 is 2.04 bits per heavy atom. The maximum Gasteiger partial charge on any atom is 0.338 e. The second-order valence-corrected chi connectivity index (χ2v) is 8.84. The number of ether oxygens (including phenoxy) is 1. The van der Waals surface area contributed by atoms with Crippen molar-refractivity contribution in [1.82, 2.24) is 0 Å². The molecule has 0 saturated carbocycles. The lowest BCUT2D eigenvalue weighted by molar-refractivity contribution is -0.158. The minimum Gasteiger partial charge on any atom is -0.512 e. The molecule has 1 aliphatic heterocycles. The number of nitrogens with one attached hydrogen (secondary N) is 1. The lowest BCUT2D eigenvalue weighted by atomic mass is 9.83. The average Bonchev–Trinajstić information content (AvgIpc) is 2.49. The molecule has 2 N–H and O–H groups in total. The highest BCUT2D eigenvalue weighted by atomic mass is 32.2. The summed E-state index contributed by atoms with van der Waals surface area (Å²) in [4.78, 5) is 12.6.